The molecule has 0 aliphatic heterocycles. The molecule has 12 heavy (non-hydrogen) atoms. The van der Waals surface area contributed by atoms with Gasteiger partial charge in [0.15, 0.2) is 0 Å². The number of carbonyl (C=O) groups excluding carboxylic acids is 1. The van der Waals surface area contributed by atoms with E-state index < -0.39 is 5.97 Å². The van der Waals surface area contributed by atoms with Crippen molar-refractivity contribution in [2.24, 2.45) is 0 Å². The summed E-state index contributed by atoms with van der Waals surface area (Å²) in [5.41, 5.74) is 0. The molecule has 4 heteroatoms. The second-order valence-corrected chi connectivity index (χ2v) is 2.08. The Labute approximate surface area is 70.8 Å². The summed E-state index contributed by atoms with van der Waals surface area (Å²) < 4.78 is 4.63. The van der Waals surface area contributed by atoms with Crippen molar-refractivity contribution in [3.05, 3.63) is 12.2 Å². The molecule has 4 nitrogen and oxygen atoms in total. The Balaban J connectivity index is 3.43. The van der Waals surface area contributed by atoms with Gasteiger partial charge in [-0.2, -0.15) is 0 Å². The first-order valence-electron chi connectivity index (χ1n) is 3.72. The Morgan fingerprint density at radius 1 is 1.50 bits per heavy atom. The fourth-order valence-electron chi connectivity index (χ4n) is 0.618. The minimum Gasteiger partial charge on any atom is -0.478 e. The number of esters is 1. The third-order valence-corrected chi connectivity index (χ3v) is 1.08. The molecule has 0 fully saturated rings. The van der Waals surface area contributed by atoms with Crippen LogP contribution in [0.25, 0.3) is 0 Å². The molecule has 0 amide bonds. The maximum Gasteiger partial charge on any atom is 0.327 e. The van der Waals surface area contributed by atoms with Crippen LogP contribution >= 0.6 is 0 Å². The highest BCUT2D eigenvalue weighted by Crippen LogP contribution is 1.93. The molecule has 0 unspecified atom stereocenters. The van der Waals surface area contributed by atoms with E-state index in [1.54, 1.807) is 6.92 Å². The lowest BCUT2D eigenvalue weighted by atomic mass is 10.3. The van der Waals surface area contributed by atoms with Crippen molar-refractivity contribution in [3.8, 4) is 0 Å². The van der Waals surface area contributed by atoms with Gasteiger partial charge in [-0.3, -0.25) is 4.79 Å². The standard InChI is InChI=1S/C8H12O4/c1-2-12-8(11)6-4-3-5-7(9)10/h3,5H,2,4,6H2,1H3,(H,9,10). The van der Waals surface area contributed by atoms with Gasteiger partial charge in [0.1, 0.15) is 0 Å². The fourth-order valence-corrected chi connectivity index (χ4v) is 0.618. The summed E-state index contributed by atoms with van der Waals surface area (Å²) in [6.07, 6.45) is 3.08. The van der Waals surface area contributed by atoms with Crippen molar-refractivity contribution < 1.29 is 19.4 Å². The SMILES string of the molecule is CCOC(=O)CCC=CC(=O)O. The Morgan fingerprint density at radius 2 is 2.17 bits per heavy atom. The first-order chi connectivity index (χ1) is 5.66. The molecule has 0 aromatic carbocycles. The number of rotatable bonds is 5. The Morgan fingerprint density at radius 3 is 2.67 bits per heavy atom. The van der Waals surface area contributed by atoms with E-state index in [9.17, 15) is 9.59 Å². The molecule has 0 radical (unpaired) electrons. The van der Waals surface area contributed by atoms with Crippen LogP contribution in [0.2, 0.25) is 0 Å². The molecule has 0 aromatic heterocycles. The summed E-state index contributed by atoms with van der Waals surface area (Å²) in [5, 5.41) is 8.18. The van der Waals surface area contributed by atoms with Gasteiger partial charge in [-0.05, 0) is 13.3 Å². The van der Waals surface area contributed by atoms with Crippen molar-refractivity contribution in [1.29, 1.82) is 0 Å². The van der Waals surface area contributed by atoms with E-state index in [-0.39, 0.29) is 12.4 Å². The van der Waals surface area contributed by atoms with Crippen LogP contribution in [0.3, 0.4) is 0 Å². The molecular formula is C8H12O4. The molecule has 0 saturated heterocycles. The van der Waals surface area contributed by atoms with Crippen molar-refractivity contribution in [2.75, 3.05) is 6.61 Å². The summed E-state index contributed by atoms with van der Waals surface area (Å²) in [4.78, 5) is 20.7. The number of carbonyl (C=O) groups is 2. The number of carboxylic acid groups (broad SMARTS) is 1. The Kier molecular flexibility index (Phi) is 5.69. The van der Waals surface area contributed by atoms with Crippen LogP contribution in [0, 0.1) is 0 Å². The second-order valence-electron chi connectivity index (χ2n) is 2.08. The van der Waals surface area contributed by atoms with Crippen LogP contribution in [-0.4, -0.2) is 23.7 Å². The molecule has 0 aliphatic rings. The topological polar surface area (TPSA) is 63.6 Å². The molecular weight excluding hydrogens is 160 g/mol. The zero-order valence-electron chi connectivity index (χ0n) is 6.95. The average Bonchev–Trinajstić information content (AvgIpc) is 1.98. The lowest BCUT2D eigenvalue weighted by Crippen LogP contribution is -2.02. The van der Waals surface area contributed by atoms with Gasteiger partial charge in [-0.15, -0.1) is 0 Å². The molecule has 0 spiro atoms. The highest BCUT2D eigenvalue weighted by atomic mass is 16.5. The molecule has 0 bridgehead atoms. The highest BCUT2D eigenvalue weighted by Gasteiger charge is 1.97. The van der Waals surface area contributed by atoms with E-state index in [1.165, 1.54) is 6.08 Å². The molecule has 1 N–H and O–H groups in total. The molecule has 0 saturated carbocycles. The smallest absolute Gasteiger partial charge is 0.327 e. The number of aliphatic carboxylic acids is 1. The van der Waals surface area contributed by atoms with Crippen LogP contribution < -0.4 is 0 Å². The minimum atomic E-state index is -1.00. The summed E-state index contributed by atoms with van der Waals surface area (Å²) in [6.45, 7) is 2.09. The second kappa shape index (κ2) is 6.39. The predicted octanol–water partition coefficient (Wildman–Crippen LogP) is 0.970. The Hall–Kier alpha value is -1.32. The van der Waals surface area contributed by atoms with E-state index >= 15 is 0 Å². The van der Waals surface area contributed by atoms with Gasteiger partial charge >= 0.3 is 11.9 Å². The maximum atomic E-state index is 10.7. The lowest BCUT2D eigenvalue weighted by Gasteiger charge is -1.97. The molecule has 0 atom stereocenters. The van der Waals surface area contributed by atoms with E-state index in [1.807, 2.05) is 0 Å². The van der Waals surface area contributed by atoms with Gasteiger partial charge in [-0.25, -0.2) is 4.79 Å². The van der Waals surface area contributed by atoms with Crippen LogP contribution in [0.5, 0.6) is 0 Å². The van der Waals surface area contributed by atoms with Gasteiger partial charge in [0, 0.05) is 12.5 Å². The highest BCUT2D eigenvalue weighted by molar-refractivity contribution is 5.79. The third kappa shape index (κ3) is 6.80. The van der Waals surface area contributed by atoms with E-state index in [0.717, 1.165) is 6.08 Å². The van der Waals surface area contributed by atoms with Crippen molar-refractivity contribution in [1.82, 2.24) is 0 Å². The van der Waals surface area contributed by atoms with Crippen LogP contribution in [0.15, 0.2) is 12.2 Å². The van der Waals surface area contributed by atoms with Gasteiger partial charge in [-0.1, -0.05) is 6.08 Å². The van der Waals surface area contributed by atoms with E-state index in [2.05, 4.69) is 4.74 Å². The molecule has 0 heterocycles. The minimum absolute atomic E-state index is 0.234. The zero-order valence-corrected chi connectivity index (χ0v) is 6.95. The van der Waals surface area contributed by atoms with Gasteiger partial charge < -0.3 is 9.84 Å². The normalized spacial score (nSPS) is 10.1. The molecule has 0 rings (SSSR count). The maximum absolute atomic E-state index is 10.7. The van der Waals surface area contributed by atoms with Gasteiger partial charge in [0.05, 0.1) is 6.61 Å². The lowest BCUT2D eigenvalue weighted by molar-refractivity contribution is -0.143. The van der Waals surface area contributed by atoms with Crippen molar-refractivity contribution >= 4 is 11.9 Å². The average molecular weight is 172 g/mol. The largest absolute Gasteiger partial charge is 0.478 e. The Bertz CT molecular complexity index is 183. The number of hydrogen-bond donors (Lipinski definition) is 1. The summed E-state index contributed by atoms with van der Waals surface area (Å²) in [5.74, 6) is -1.30. The van der Waals surface area contributed by atoms with E-state index in [4.69, 9.17) is 5.11 Å². The number of ether oxygens (including phenoxy) is 1. The number of allylic oxidation sites excluding steroid dienone is 1. The van der Waals surface area contributed by atoms with Crippen LogP contribution in [0.1, 0.15) is 19.8 Å². The molecule has 68 valence electrons. The summed E-state index contributed by atoms with van der Waals surface area (Å²) >= 11 is 0. The van der Waals surface area contributed by atoms with Gasteiger partial charge in [0.2, 0.25) is 0 Å². The summed E-state index contributed by atoms with van der Waals surface area (Å²) in [6, 6.07) is 0. The number of hydrogen-bond acceptors (Lipinski definition) is 3. The first-order valence-corrected chi connectivity index (χ1v) is 3.72. The monoisotopic (exact) mass is 172 g/mol. The summed E-state index contributed by atoms with van der Waals surface area (Å²) in [7, 11) is 0. The van der Waals surface area contributed by atoms with Crippen LogP contribution in [-0.2, 0) is 14.3 Å². The molecule has 0 aromatic rings. The van der Waals surface area contributed by atoms with Crippen LogP contribution in [0.4, 0.5) is 0 Å². The van der Waals surface area contributed by atoms with Crippen molar-refractivity contribution in [2.45, 2.75) is 19.8 Å². The van der Waals surface area contributed by atoms with E-state index in [0.29, 0.717) is 13.0 Å². The van der Waals surface area contributed by atoms with Gasteiger partial charge in [0.25, 0.3) is 0 Å². The first kappa shape index (κ1) is 10.7. The molecule has 0 aliphatic carbocycles. The number of carboxylic acids is 1. The third-order valence-electron chi connectivity index (χ3n) is 1.08. The zero-order chi connectivity index (χ0) is 9.40. The quantitative estimate of drug-likeness (QED) is 0.495. The predicted molar refractivity (Wildman–Crippen MR) is 42.6 cm³/mol. The van der Waals surface area contributed by atoms with Crippen molar-refractivity contribution in [3.63, 3.8) is 0 Å². The fraction of sp³-hybridized carbons (Fsp3) is 0.500.